The Labute approximate surface area is 150 Å². The second-order valence-electron chi connectivity index (χ2n) is 5.25. The van der Waals surface area contributed by atoms with E-state index in [0.29, 0.717) is 18.0 Å². The van der Waals surface area contributed by atoms with E-state index in [-0.39, 0.29) is 11.4 Å². The van der Waals surface area contributed by atoms with Gasteiger partial charge in [-0.2, -0.15) is 4.31 Å². The van der Waals surface area contributed by atoms with Crippen molar-refractivity contribution in [2.24, 2.45) is 0 Å². The van der Waals surface area contributed by atoms with E-state index in [4.69, 9.17) is 16.0 Å². The Morgan fingerprint density at radius 2 is 1.92 bits per heavy atom. The molecule has 0 saturated carbocycles. The van der Waals surface area contributed by atoms with Crippen LogP contribution in [-0.4, -0.2) is 19.3 Å². The van der Waals surface area contributed by atoms with Crippen molar-refractivity contribution in [2.45, 2.75) is 17.9 Å². The molecular weight excluding hydrogens is 366 g/mol. The van der Waals surface area contributed by atoms with Gasteiger partial charge in [-0.25, -0.2) is 8.42 Å². The number of rotatable bonds is 7. The van der Waals surface area contributed by atoms with E-state index >= 15 is 0 Å². The van der Waals surface area contributed by atoms with Gasteiger partial charge in [0.15, 0.2) is 0 Å². The van der Waals surface area contributed by atoms with E-state index in [0.717, 1.165) is 10.4 Å². The summed E-state index contributed by atoms with van der Waals surface area (Å²) in [5.74, 6) is 0. The molecule has 0 aliphatic carbocycles. The highest BCUT2D eigenvalue weighted by Gasteiger charge is 2.25. The van der Waals surface area contributed by atoms with Crippen LogP contribution in [0.15, 0.2) is 69.7 Å². The van der Waals surface area contributed by atoms with E-state index in [9.17, 15) is 8.42 Å². The zero-order chi connectivity index (χ0) is 17.0. The Kier molecular flexibility index (Phi) is 5.40. The van der Waals surface area contributed by atoms with Gasteiger partial charge in [-0.15, -0.1) is 11.3 Å². The fourth-order valence-corrected chi connectivity index (χ4v) is 4.57. The summed E-state index contributed by atoms with van der Waals surface area (Å²) in [4.78, 5) is 1.39. The van der Waals surface area contributed by atoms with E-state index in [2.05, 4.69) is 0 Å². The monoisotopic (exact) mass is 381 g/mol. The highest BCUT2D eigenvalue weighted by Crippen LogP contribution is 2.22. The lowest BCUT2D eigenvalue weighted by atomic mass is 10.3. The van der Waals surface area contributed by atoms with Gasteiger partial charge in [0, 0.05) is 28.6 Å². The summed E-state index contributed by atoms with van der Waals surface area (Å²) >= 11 is 7.49. The Morgan fingerprint density at radius 1 is 1.12 bits per heavy atom. The molecule has 24 heavy (non-hydrogen) atoms. The molecule has 0 bridgehead atoms. The minimum absolute atomic E-state index is 0.238. The lowest BCUT2D eigenvalue weighted by Gasteiger charge is -2.21. The third kappa shape index (κ3) is 4.08. The van der Waals surface area contributed by atoms with E-state index in [1.807, 2.05) is 17.5 Å². The summed E-state index contributed by atoms with van der Waals surface area (Å²) < 4.78 is 32.5. The van der Waals surface area contributed by atoms with Crippen molar-refractivity contribution in [3.8, 4) is 0 Å². The number of hydrogen-bond donors (Lipinski definition) is 0. The zero-order valence-electron chi connectivity index (χ0n) is 12.8. The van der Waals surface area contributed by atoms with Crippen molar-refractivity contribution < 1.29 is 12.8 Å². The lowest BCUT2D eigenvalue weighted by molar-refractivity contribution is 0.408. The van der Waals surface area contributed by atoms with Crippen LogP contribution < -0.4 is 0 Å². The first-order chi connectivity index (χ1) is 11.6. The standard InChI is InChI=1S/C17H16ClNO3S2/c18-15-3-5-17(6-4-15)24(20,21)19(12-14-8-10-22-13-14)9-7-16-2-1-11-23-16/h1-6,8,10-11,13H,7,9,12H2. The first kappa shape index (κ1) is 17.2. The van der Waals surface area contributed by atoms with Gasteiger partial charge in [0.05, 0.1) is 17.4 Å². The molecule has 126 valence electrons. The summed E-state index contributed by atoms with van der Waals surface area (Å²) in [6.07, 6.45) is 3.78. The quantitative estimate of drug-likeness (QED) is 0.608. The Hall–Kier alpha value is -1.60. The number of thiophene rings is 1. The van der Waals surface area contributed by atoms with Crippen molar-refractivity contribution in [2.75, 3.05) is 6.54 Å². The molecule has 0 spiro atoms. The first-order valence-electron chi connectivity index (χ1n) is 7.35. The molecule has 2 heterocycles. The predicted molar refractivity (Wildman–Crippen MR) is 95.8 cm³/mol. The Morgan fingerprint density at radius 3 is 2.54 bits per heavy atom. The van der Waals surface area contributed by atoms with Gasteiger partial charge in [0.2, 0.25) is 10.0 Å². The molecule has 2 aromatic heterocycles. The molecule has 0 aliphatic rings. The normalized spacial score (nSPS) is 11.9. The van der Waals surface area contributed by atoms with Crippen LogP contribution in [0.3, 0.4) is 0 Å². The topological polar surface area (TPSA) is 50.5 Å². The van der Waals surface area contributed by atoms with Crippen molar-refractivity contribution >= 4 is 33.0 Å². The Bertz CT molecular complexity index is 857. The minimum atomic E-state index is -3.61. The molecule has 0 fully saturated rings. The Balaban J connectivity index is 1.85. The summed E-state index contributed by atoms with van der Waals surface area (Å²) in [6, 6.07) is 12.0. The third-order valence-electron chi connectivity index (χ3n) is 3.58. The van der Waals surface area contributed by atoms with Crippen LogP contribution in [-0.2, 0) is 23.0 Å². The van der Waals surface area contributed by atoms with Crippen molar-refractivity contribution in [1.82, 2.24) is 4.31 Å². The lowest BCUT2D eigenvalue weighted by Crippen LogP contribution is -2.32. The largest absolute Gasteiger partial charge is 0.472 e. The van der Waals surface area contributed by atoms with Crippen molar-refractivity contribution in [1.29, 1.82) is 0 Å². The van der Waals surface area contributed by atoms with Crippen molar-refractivity contribution in [3.63, 3.8) is 0 Å². The number of nitrogens with zero attached hydrogens (tertiary/aromatic N) is 1. The third-order valence-corrected chi connectivity index (χ3v) is 6.63. The maximum Gasteiger partial charge on any atom is 0.243 e. The fourth-order valence-electron chi connectivity index (χ4n) is 2.32. The summed E-state index contributed by atoms with van der Waals surface area (Å²) in [7, 11) is -3.61. The van der Waals surface area contributed by atoms with Crippen LogP contribution >= 0.6 is 22.9 Å². The molecule has 0 radical (unpaired) electrons. The van der Waals surface area contributed by atoms with Gasteiger partial charge in [-0.05, 0) is 48.2 Å². The van der Waals surface area contributed by atoms with Gasteiger partial charge in [0.25, 0.3) is 0 Å². The molecule has 4 nitrogen and oxygen atoms in total. The number of sulfonamides is 1. The maximum atomic E-state index is 13.0. The SMILES string of the molecule is O=S(=O)(c1ccc(Cl)cc1)N(CCc1cccs1)Cc1ccoc1. The first-order valence-corrected chi connectivity index (χ1v) is 10.0. The zero-order valence-corrected chi connectivity index (χ0v) is 15.2. The molecule has 1 aromatic carbocycles. The van der Waals surface area contributed by atoms with Gasteiger partial charge >= 0.3 is 0 Å². The van der Waals surface area contributed by atoms with Crippen LogP contribution in [0.5, 0.6) is 0 Å². The molecule has 0 saturated heterocycles. The summed E-state index contributed by atoms with van der Waals surface area (Å²) in [5.41, 5.74) is 0.818. The molecule has 0 N–H and O–H groups in total. The molecule has 0 atom stereocenters. The average Bonchev–Trinajstić information content (AvgIpc) is 3.25. The van der Waals surface area contributed by atoms with Crippen LogP contribution in [0.4, 0.5) is 0 Å². The predicted octanol–water partition coefficient (Wildman–Crippen LogP) is 4.43. The van der Waals surface area contributed by atoms with E-state index < -0.39 is 10.0 Å². The molecule has 3 rings (SSSR count). The molecular formula is C17H16ClNO3S2. The van der Waals surface area contributed by atoms with Crippen LogP contribution in [0.2, 0.25) is 5.02 Å². The van der Waals surface area contributed by atoms with Gasteiger partial charge < -0.3 is 4.42 Å². The van der Waals surface area contributed by atoms with Crippen LogP contribution in [0.25, 0.3) is 0 Å². The average molecular weight is 382 g/mol. The minimum Gasteiger partial charge on any atom is -0.472 e. The van der Waals surface area contributed by atoms with Crippen molar-refractivity contribution in [3.05, 3.63) is 75.8 Å². The fraction of sp³-hybridized carbons (Fsp3) is 0.176. The second-order valence-corrected chi connectivity index (χ2v) is 8.66. The number of hydrogen-bond acceptors (Lipinski definition) is 4. The van der Waals surface area contributed by atoms with Gasteiger partial charge in [-0.3, -0.25) is 0 Å². The molecule has 0 amide bonds. The molecule has 0 aliphatic heterocycles. The highest BCUT2D eigenvalue weighted by molar-refractivity contribution is 7.89. The molecule has 7 heteroatoms. The summed E-state index contributed by atoms with van der Waals surface area (Å²) in [6.45, 7) is 0.670. The van der Waals surface area contributed by atoms with E-state index in [1.165, 1.54) is 16.4 Å². The molecule has 3 aromatic rings. The number of furan rings is 1. The van der Waals surface area contributed by atoms with Crippen LogP contribution in [0, 0.1) is 0 Å². The smallest absolute Gasteiger partial charge is 0.243 e. The van der Waals surface area contributed by atoms with Crippen LogP contribution in [0.1, 0.15) is 10.4 Å². The maximum absolute atomic E-state index is 13.0. The highest BCUT2D eigenvalue weighted by atomic mass is 35.5. The summed E-state index contributed by atoms with van der Waals surface area (Å²) in [5, 5.41) is 2.50. The number of halogens is 1. The van der Waals surface area contributed by atoms with E-state index in [1.54, 1.807) is 42.1 Å². The number of benzene rings is 1. The van der Waals surface area contributed by atoms with Gasteiger partial charge in [0.1, 0.15) is 0 Å². The van der Waals surface area contributed by atoms with Gasteiger partial charge in [-0.1, -0.05) is 17.7 Å². The second kappa shape index (κ2) is 7.53. The molecule has 0 unspecified atom stereocenters.